The second kappa shape index (κ2) is 6.64. The van der Waals surface area contributed by atoms with Crippen molar-refractivity contribution in [3.8, 4) is 5.95 Å². The Kier molecular flexibility index (Phi) is 4.38. The molecule has 1 N–H and O–H groups in total. The van der Waals surface area contributed by atoms with Gasteiger partial charge in [0.05, 0.1) is 23.8 Å². The molecule has 2 heterocycles. The van der Waals surface area contributed by atoms with E-state index in [1.54, 1.807) is 28.9 Å². The van der Waals surface area contributed by atoms with E-state index < -0.39 is 0 Å². The molecule has 0 aliphatic carbocycles. The minimum Gasteiger partial charge on any atom is -0.319 e. The van der Waals surface area contributed by atoms with Crippen LogP contribution in [0.3, 0.4) is 0 Å². The molecule has 0 saturated heterocycles. The highest BCUT2D eigenvalue weighted by Crippen LogP contribution is 2.12. The number of carbonyl (C=O) groups is 2. The van der Waals surface area contributed by atoms with Gasteiger partial charge in [-0.25, -0.2) is 14.6 Å². The zero-order valence-electron chi connectivity index (χ0n) is 14.1. The zero-order valence-corrected chi connectivity index (χ0v) is 14.1. The molecule has 0 aliphatic rings. The summed E-state index contributed by atoms with van der Waals surface area (Å²) >= 11 is 0. The molecule has 1 aromatic carbocycles. The summed E-state index contributed by atoms with van der Waals surface area (Å²) in [7, 11) is 0. The van der Waals surface area contributed by atoms with E-state index >= 15 is 0 Å². The number of nitrogens with one attached hydrogen (secondary N) is 1. The van der Waals surface area contributed by atoms with E-state index in [1.807, 2.05) is 19.9 Å². The van der Waals surface area contributed by atoms with Crippen LogP contribution in [0.5, 0.6) is 0 Å². The Morgan fingerprint density at radius 2 is 1.60 bits per heavy atom. The SMILES string of the molecule is CC(=O)c1ccc(C(=O)Nc2cnc(-n3nc(C)cc3C)nc2)cc1. The maximum Gasteiger partial charge on any atom is 0.255 e. The number of hydrogen-bond donors (Lipinski definition) is 1. The summed E-state index contributed by atoms with van der Waals surface area (Å²) in [6.45, 7) is 5.30. The lowest BCUT2D eigenvalue weighted by Crippen LogP contribution is -2.13. The Bertz CT molecular complexity index is 927. The predicted octanol–water partition coefficient (Wildman–Crippen LogP) is 2.73. The van der Waals surface area contributed by atoms with Crippen molar-refractivity contribution in [1.82, 2.24) is 19.7 Å². The maximum absolute atomic E-state index is 12.2. The average Bonchev–Trinajstić information content (AvgIpc) is 2.94. The molecular formula is C18H17N5O2. The van der Waals surface area contributed by atoms with Crippen molar-refractivity contribution < 1.29 is 9.59 Å². The molecule has 0 unspecified atom stereocenters. The number of Topliss-reactive ketones (excluding diaryl/α,β-unsaturated/α-hetero) is 1. The Morgan fingerprint density at radius 1 is 1.00 bits per heavy atom. The van der Waals surface area contributed by atoms with Gasteiger partial charge in [-0.15, -0.1) is 0 Å². The number of benzene rings is 1. The molecule has 0 fully saturated rings. The standard InChI is InChI=1S/C18H17N5O2/c1-11-8-12(2)23(22-11)18-19-9-16(10-20-18)21-17(25)15-6-4-14(5-7-15)13(3)24/h4-10H,1-3H3,(H,21,25). The van der Waals surface area contributed by atoms with Gasteiger partial charge >= 0.3 is 0 Å². The van der Waals surface area contributed by atoms with Gasteiger partial charge in [-0.2, -0.15) is 5.10 Å². The third kappa shape index (κ3) is 3.60. The van der Waals surface area contributed by atoms with Gasteiger partial charge in [-0.3, -0.25) is 9.59 Å². The Labute approximate surface area is 144 Å². The van der Waals surface area contributed by atoms with Crippen LogP contribution < -0.4 is 5.32 Å². The van der Waals surface area contributed by atoms with Crippen LogP contribution in [0.25, 0.3) is 5.95 Å². The number of ketones is 1. The smallest absolute Gasteiger partial charge is 0.255 e. The van der Waals surface area contributed by atoms with Crippen LogP contribution in [0.4, 0.5) is 5.69 Å². The summed E-state index contributed by atoms with van der Waals surface area (Å²) < 4.78 is 1.64. The first-order valence-corrected chi connectivity index (χ1v) is 7.72. The van der Waals surface area contributed by atoms with Crippen molar-refractivity contribution >= 4 is 17.4 Å². The van der Waals surface area contributed by atoms with Crippen molar-refractivity contribution in [2.45, 2.75) is 20.8 Å². The van der Waals surface area contributed by atoms with Gasteiger partial charge in [0.1, 0.15) is 0 Å². The molecule has 0 saturated carbocycles. The molecule has 3 aromatic rings. The number of aryl methyl sites for hydroxylation is 2. The summed E-state index contributed by atoms with van der Waals surface area (Å²) in [6, 6.07) is 8.40. The number of anilines is 1. The van der Waals surface area contributed by atoms with Gasteiger partial charge in [0.25, 0.3) is 11.9 Å². The molecule has 0 bridgehead atoms. The number of rotatable bonds is 4. The number of hydrogen-bond acceptors (Lipinski definition) is 5. The number of amides is 1. The van der Waals surface area contributed by atoms with Crippen LogP contribution in [-0.4, -0.2) is 31.4 Å². The number of aromatic nitrogens is 4. The molecule has 0 radical (unpaired) electrons. The third-order valence-corrected chi connectivity index (χ3v) is 3.65. The van der Waals surface area contributed by atoms with Crippen LogP contribution in [-0.2, 0) is 0 Å². The van der Waals surface area contributed by atoms with E-state index in [-0.39, 0.29) is 11.7 Å². The Balaban J connectivity index is 1.73. The summed E-state index contributed by atoms with van der Waals surface area (Å²) in [4.78, 5) is 32.0. The molecule has 0 spiro atoms. The summed E-state index contributed by atoms with van der Waals surface area (Å²) in [6.07, 6.45) is 3.06. The van der Waals surface area contributed by atoms with Gasteiger partial charge in [0, 0.05) is 16.8 Å². The molecule has 25 heavy (non-hydrogen) atoms. The van der Waals surface area contributed by atoms with Gasteiger partial charge in [-0.05, 0) is 39.0 Å². The van der Waals surface area contributed by atoms with Crippen LogP contribution in [0.15, 0.2) is 42.7 Å². The Hall–Kier alpha value is -3.35. The first-order chi connectivity index (χ1) is 11.9. The lowest BCUT2D eigenvalue weighted by Gasteiger charge is -2.06. The maximum atomic E-state index is 12.2. The van der Waals surface area contributed by atoms with Crippen LogP contribution in [0.1, 0.15) is 39.0 Å². The van der Waals surface area contributed by atoms with Crippen molar-refractivity contribution in [3.05, 3.63) is 65.2 Å². The highest BCUT2D eigenvalue weighted by molar-refractivity contribution is 6.04. The van der Waals surface area contributed by atoms with E-state index in [2.05, 4.69) is 20.4 Å². The summed E-state index contributed by atoms with van der Waals surface area (Å²) in [5.74, 6) is 0.104. The van der Waals surface area contributed by atoms with Crippen LogP contribution >= 0.6 is 0 Å². The third-order valence-electron chi connectivity index (χ3n) is 3.65. The van der Waals surface area contributed by atoms with Crippen molar-refractivity contribution in [3.63, 3.8) is 0 Å². The monoisotopic (exact) mass is 335 g/mol. The highest BCUT2D eigenvalue weighted by atomic mass is 16.1. The fourth-order valence-corrected chi connectivity index (χ4v) is 2.39. The molecule has 3 rings (SSSR count). The fraction of sp³-hybridized carbons (Fsp3) is 0.167. The van der Waals surface area contributed by atoms with Crippen molar-refractivity contribution in [2.75, 3.05) is 5.32 Å². The minimum absolute atomic E-state index is 0.0416. The minimum atomic E-state index is -0.294. The fourth-order valence-electron chi connectivity index (χ4n) is 2.39. The summed E-state index contributed by atoms with van der Waals surface area (Å²) in [5, 5.41) is 7.04. The molecule has 1 amide bonds. The lowest BCUT2D eigenvalue weighted by atomic mass is 10.1. The quantitative estimate of drug-likeness (QED) is 0.740. The van der Waals surface area contributed by atoms with Crippen LogP contribution in [0.2, 0.25) is 0 Å². The molecular weight excluding hydrogens is 318 g/mol. The second-order valence-electron chi connectivity index (χ2n) is 5.70. The van der Waals surface area contributed by atoms with Gasteiger partial charge in [-0.1, -0.05) is 12.1 Å². The molecule has 0 atom stereocenters. The van der Waals surface area contributed by atoms with Crippen molar-refractivity contribution in [1.29, 1.82) is 0 Å². The molecule has 126 valence electrons. The molecule has 2 aromatic heterocycles. The zero-order chi connectivity index (χ0) is 18.0. The summed E-state index contributed by atoms with van der Waals surface area (Å²) in [5.41, 5.74) is 3.31. The molecule has 7 heteroatoms. The van der Waals surface area contributed by atoms with E-state index in [0.717, 1.165) is 11.4 Å². The van der Waals surface area contributed by atoms with E-state index in [0.29, 0.717) is 22.8 Å². The van der Waals surface area contributed by atoms with E-state index in [9.17, 15) is 9.59 Å². The highest BCUT2D eigenvalue weighted by Gasteiger charge is 2.10. The molecule has 7 nitrogen and oxygen atoms in total. The first-order valence-electron chi connectivity index (χ1n) is 7.72. The van der Waals surface area contributed by atoms with Crippen LogP contribution in [0, 0.1) is 13.8 Å². The van der Waals surface area contributed by atoms with Gasteiger partial charge in [0.15, 0.2) is 5.78 Å². The average molecular weight is 335 g/mol. The Morgan fingerprint density at radius 3 is 2.12 bits per heavy atom. The van der Waals surface area contributed by atoms with Gasteiger partial charge in [0.2, 0.25) is 0 Å². The number of carbonyl (C=O) groups excluding carboxylic acids is 2. The van der Waals surface area contributed by atoms with E-state index in [4.69, 9.17) is 0 Å². The van der Waals surface area contributed by atoms with E-state index in [1.165, 1.54) is 19.3 Å². The topological polar surface area (TPSA) is 89.8 Å². The predicted molar refractivity (Wildman–Crippen MR) is 93.0 cm³/mol. The largest absolute Gasteiger partial charge is 0.319 e. The van der Waals surface area contributed by atoms with Gasteiger partial charge < -0.3 is 5.32 Å². The normalized spacial score (nSPS) is 10.5. The number of nitrogens with zero attached hydrogens (tertiary/aromatic N) is 4. The lowest BCUT2D eigenvalue weighted by molar-refractivity contribution is 0.100. The first kappa shape index (κ1) is 16.5. The van der Waals surface area contributed by atoms with Crippen molar-refractivity contribution in [2.24, 2.45) is 0 Å². The second-order valence-corrected chi connectivity index (χ2v) is 5.70. The molecule has 0 aliphatic heterocycles.